The average Bonchev–Trinajstić information content (AvgIpc) is 2.50. The highest BCUT2D eigenvalue weighted by molar-refractivity contribution is 5.45. The van der Waals surface area contributed by atoms with Gasteiger partial charge in [-0.25, -0.2) is 4.39 Å². The van der Waals surface area contributed by atoms with E-state index in [-0.39, 0.29) is 5.75 Å². The summed E-state index contributed by atoms with van der Waals surface area (Å²) >= 11 is 0. The summed E-state index contributed by atoms with van der Waals surface area (Å²) in [4.78, 5) is 0. The summed E-state index contributed by atoms with van der Waals surface area (Å²) in [6, 6.07) is 12.8. The van der Waals surface area contributed by atoms with Crippen molar-refractivity contribution in [1.29, 1.82) is 0 Å². The van der Waals surface area contributed by atoms with Gasteiger partial charge in [0.1, 0.15) is 0 Å². The van der Waals surface area contributed by atoms with Gasteiger partial charge in [-0.3, -0.25) is 0 Å². The van der Waals surface area contributed by atoms with Crippen LogP contribution in [0.4, 0.5) is 10.1 Å². The summed E-state index contributed by atoms with van der Waals surface area (Å²) in [7, 11) is 0. The van der Waals surface area contributed by atoms with Crippen LogP contribution in [0.3, 0.4) is 0 Å². The van der Waals surface area contributed by atoms with Crippen LogP contribution in [0.15, 0.2) is 42.5 Å². The second-order valence-electron chi connectivity index (χ2n) is 5.29. The first-order valence-electron chi connectivity index (χ1n) is 7.49. The zero-order chi connectivity index (χ0) is 15.1. The van der Waals surface area contributed by atoms with Gasteiger partial charge in [0.15, 0.2) is 11.6 Å². The highest BCUT2D eigenvalue weighted by atomic mass is 19.1. The Bertz CT molecular complexity index is 566. The summed E-state index contributed by atoms with van der Waals surface area (Å²) in [5.74, 6) is -0.893. The zero-order valence-corrected chi connectivity index (χ0v) is 12.4. The molecule has 0 radical (unpaired) electrons. The van der Waals surface area contributed by atoms with Crippen molar-refractivity contribution in [3.63, 3.8) is 0 Å². The number of nitrogens with one attached hydrogen (secondary N) is 1. The number of aryl methyl sites for hydroxylation is 1. The highest BCUT2D eigenvalue weighted by Crippen LogP contribution is 2.18. The Morgan fingerprint density at radius 1 is 1.00 bits per heavy atom. The third-order valence-corrected chi connectivity index (χ3v) is 3.53. The molecule has 0 unspecified atom stereocenters. The Labute approximate surface area is 125 Å². The van der Waals surface area contributed by atoms with Crippen molar-refractivity contribution < 1.29 is 9.50 Å². The van der Waals surface area contributed by atoms with E-state index in [4.69, 9.17) is 5.11 Å². The van der Waals surface area contributed by atoms with E-state index in [0.717, 1.165) is 17.7 Å². The van der Waals surface area contributed by atoms with Crippen LogP contribution in [0.5, 0.6) is 5.75 Å². The second kappa shape index (κ2) is 7.67. The van der Waals surface area contributed by atoms with E-state index in [1.54, 1.807) is 6.07 Å². The van der Waals surface area contributed by atoms with Crippen molar-refractivity contribution in [2.45, 2.75) is 39.2 Å². The minimum atomic E-state index is -0.583. The lowest BCUT2D eigenvalue weighted by molar-refractivity contribution is 0.432. The van der Waals surface area contributed by atoms with Gasteiger partial charge in [0.2, 0.25) is 0 Å². The topological polar surface area (TPSA) is 32.3 Å². The van der Waals surface area contributed by atoms with Crippen LogP contribution >= 0.6 is 0 Å². The molecule has 0 aliphatic rings. The quantitative estimate of drug-likeness (QED) is 0.712. The van der Waals surface area contributed by atoms with Crippen LogP contribution in [0.1, 0.15) is 37.3 Å². The second-order valence-corrected chi connectivity index (χ2v) is 5.29. The zero-order valence-electron chi connectivity index (χ0n) is 12.4. The molecule has 0 bridgehead atoms. The fourth-order valence-corrected chi connectivity index (χ4v) is 2.23. The number of hydrogen-bond acceptors (Lipinski definition) is 2. The molecule has 2 nitrogen and oxygen atoms in total. The summed E-state index contributed by atoms with van der Waals surface area (Å²) < 4.78 is 13.2. The Morgan fingerprint density at radius 3 is 2.38 bits per heavy atom. The number of phenols is 1. The number of benzene rings is 2. The summed E-state index contributed by atoms with van der Waals surface area (Å²) in [5.41, 5.74) is 3.17. The lowest BCUT2D eigenvalue weighted by Gasteiger charge is -2.08. The van der Waals surface area contributed by atoms with Crippen LogP contribution in [-0.2, 0) is 13.0 Å². The summed E-state index contributed by atoms with van der Waals surface area (Å²) in [5, 5.41) is 12.4. The molecule has 2 aromatic carbocycles. The first kappa shape index (κ1) is 15.4. The largest absolute Gasteiger partial charge is 0.505 e. The average molecular weight is 287 g/mol. The van der Waals surface area contributed by atoms with Gasteiger partial charge in [0.25, 0.3) is 0 Å². The normalized spacial score (nSPS) is 10.6. The molecule has 2 aromatic rings. The maximum absolute atomic E-state index is 13.2. The van der Waals surface area contributed by atoms with Crippen molar-refractivity contribution in [2.24, 2.45) is 0 Å². The van der Waals surface area contributed by atoms with E-state index < -0.39 is 5.82 Å². The van der Waals surface area contributed by atoms with E-state index in [2.05, 4.69) is 36.5 Å². The number of unbranched alkanes of at least 4 members (excludes halogenated alkanes) is 2. The molecular formula is C18H22FNO. The van der Waals surface area contributed by atoms with E-state index in [1.165, 1.54) is 37.0 Å². The maximum atomic E-state index is 13.2. The van der Waals surface area contributed by atoms with Gasteiger partial charge in [0, 0.05) is 12.2 Å². The molecule has 0 atom stereocenters. The summed E-state index contributed by atoms with van der Waals surface area (Å²) in [6.45, 7) is 2.74. The molecule has 0 saturated carbocycles. The Balaban J connectivity index is 1.86. The maximum Gasteiger partial charge on any atom is 0.165 e. The van der Waals surface area contributed by atoms with Crippen LogP contribution in [0.2, 0.25) is 0 Å². The molecule has 2 N–H and O–H groups in total. The SMILES string of the molecule is CCCCCc1ccc(NCc2ccc(O)c(F)c2)cc1. The summed E-state index contributed by atoms with van der Waals surface area (Å²) in [6.07, 6.45) is 4.86. The van der Waals surface area contributed by atoms with Crippen molar-refractivity contribution in [3.05, 3.63) is 59.4 Å². The molecule has 21 heavy (non-hydrogen) atoms. The van der Waals surface area contributed by atoms with Gasteiger partial charge in [-0.2, -0.15) is 0 Å². The van der Waals surface area contributed by atoms with Gasteiger partial charge in [0.05, 0.1) is 0 Å². The molecular weight excluding hydrogens is 265 g/mol. The van der Waals surface area contributed by atoms with Crippen LogP contribution in [0, 0.1) is 5.82 Å². The number of rotatable bonds is 7. The minimum absolute atomic E-state index is 0.310. The van der Waals surface area contributed by atoms with Gasteiger partial charge in [-0.15, -0.1) is 0 Å². The molecule has 0 aliphatic heterocycles. The molecule has 0 saturated heterocycles. The highest BCUT2D eigenvalue weighted by Gasteiger charge is 2.01. The molecule has 0 aromatic heterocycles. The minimum Gasteiger partial charge on any atom is -0.505 e. The van der Waals surface area contributed by atoms with Crippen LogP contribution < -0.4 is 5.32 Å². The standard InChI is InChI=1S/C18H22FNO/c1-2-3-4-5-14-6-9-16(10-7-14)20-13-15-8-11-18(21)17(19)12-15/h6-12,20-21H,2-5,13H2,1H3. The third-order valence-electron chi connectivity index (χ3n) is 3.53. The Morgan fingerprint density at radius 2 is 1.71 bits per heavy atom. The van der Waals surface area contributed by atoms with Crippen LogP contribution in [0.25, 0.3) is 0 Å². The van der Waals surface area contributed by atoms with Gasteiger partial charge < -0.3 is 10.4 Å². The van der Waals surface area contributed by atoms with E-state index in [0.29, 0.717) is 6.54 Å². The molecule has 0 heterocycles. The molecule has 112 valence electrons. The van der Waals surface area contributed by atoms with E-state index in [1.807, 2.05) is 0 Å². The number of halogens is 1. The molecule has 3 heteroatoms. The van der Waals surface area contributed by atoms with Crippen molar-refractivity contribution in [3.8, 4) is 5.75 Å². The number of phenolic OH excluding ortho intramolecular Hbond substituents is 1. The fraction of sp³-hybridized carbons (Fsp3) is 0.333. The predicted octanol–water partition coefficient (Wildman–Crippen LogP) is 4.88. The van der Waals surface area contributed by atoms with Crippen molar-refractivity contribution >= 4 is 5.69 Å². The Hall–Kier alpha value is -2.03. The van der Waals surface area contributed by atoms with E-state index in [9.17, 15) is 4.39 Å². The molecule has 0 aliphatic carbocycles. The van der Waals surface area contributed by atoms with E-state index >= 15 is 0 Å². The van der Waals surface area contributed by atoms with Crippen molar-refractivity contribution in [2.75, 3.05) is 5.32 Å². The lowest BCUT2D eigenvalue weighted by atomic mass is 10.1. The first-order valence-corrected chi connectivity index (χ1v) is 7.49. The van der Waals surface area contributed by atoms with Gasteiger partial charge in [-0.05, 0) is 48.2 Å². The van der Waals surface area contributed by atoms with Gasteiger partial charge >= 0.3 is 0 Å². The third kappa shape index (κ3) is 4.78. The van der Waals surface area contributed by atoms with Gasteiger partial charge in [-0.1, -0.05) is 38.0 Å². The first-order chi connectivity index (χ1) is 10.2. The number of anilines is 1. The Kier molecular flexibility index (Phi) is 5.61. The lowest BCUT2D eigenvalue weighted by Crippen LogP contribution is -2.00. The number of hydrogen-bond donors (Lipinski definition) is 2. The van der Waals surface area contributed by atoms with Crippen molar-refractivity contribution in [1.82, 2.24) is 0 Å². The fourth-order valence-electron chi connectivity index (χ4n) is 2.23. The molecule has 0 fully saturated rings. The van der Waals surface area contributed by atoms with Crippen LogP contribution in [-0.4, -0.2) is 5.11 Å². The molecule has 0 amide bonds. The molecule has 2 rings (SSSR count). The number of aromatic hydroxyl groups is 1. The molecule has 0 spiro atoms. The smallest absolute Gasteiger partial charge is 0.165 e. The predicted molar refractivity (Wildman–Crippen MR) is 85.1 cm³/mol. The monoisotopic (exact) mass is 287 g/mol.